The van der Waals surface area contributed by atoms with Crippen LogP contribution in [0.2, 0.25) is 0 Å². The van der Waals surface area contributed by atoms with Crippen LogP contribution in [0.5, 0.6) is 0 Å². The molecule has 3 N–H and O–H groups in total. The van der Waals surface area contributed by atoms with Gasteiger partial charge in [0.15, 0.2) is 0 Å². The van der Waals surface area contributed by atoms with Crippen LogP contribution in [0.1, 0.15) is 10.4 Å². The van der Waals surface area contributed by atoms with E-state index in [1.54, 1.807) is 16.8 Å². The number of carboxylic acids is 1. The Balaban J connectivity index is 1.46. The monoisotopic (exact) mass is 378 g/mol. The fourth-order valence-corrected chi connectivity index (χ4v) is 3.51. The van der Waals surface area contributed by atoms with Crippen LogP contribution in [-0.2, 0) is 11.3 Å². The molecule has 2 aromatic carbocycles. The zero-order valence-electron chi connectivity index (χ0n) is 15.4. The van der Waals surface area contributed by atoms with Gasteiger partial charge in [0.05, 0.1) is 0 Å². The lowest BCUT2D eigenvalue weighted by Crippen LogP contribution is -2.43. The van der Waals surface area contributed by atoms with Gasteiger partial charge in [-0.1, -0.05) is 0 Å². The zero-order chi connectivity index (χ0) is 19.5. The summed E-state index contributed by atoms with van der Waals surface area (Å²) >= 11 is 0. The normalized spacial score (nSPS) is 14.2. The van der Waals surface area contributed by atoms with Crippen molar-refractivity contribution < 1.29 is 14.7 Å². The van der Waals surface area contributed by atoms with E-state index in [1.165, 1.54) is 0 Å². The molecule has 0 radical (unpaired) electrons. The van der Waals surface area contributed by atoms with Crippen LogP contribution in [0.25, 0.3) is 10.9 Å². The minimum atomic E-state index is -0.890. The first-order valence-corrected chi connectivity index (χ1v) is 9.28. The van der Waals surface area contributed by atoms with Crippen molar-refractivity contribution in [2.75, 3.05) is 36.4 Å². The molecule has 7 nitrogen and oxygen atoms in total. The number of hydrogen-bond donors (Lipinski definition) is 3. The fraction of sp³-hybridized carbons (Fsp3) is 0.238. The Kier molecular flexibility index (Phi) is 4.99. The van der Waals surface area contributed by atoms with E-state index in [4.69, 9.17) is 5.11 Å². The number of amides is 1. The minimum Gasteiger partial charge on any atom is -0.480 e. The van der Waals surface area contributed by atoms with Crippen LogP contribution < -0.4 is 15.5 Å². The van der Waals surface area contributed by atoms with Gasteiger partial charge in [-0.15, -0.1) is 0 Å². The summed E-state index contributed by atoms with van der Waals surface area (Å²) in [6.07, 6.45) is 1.74. The summed E-state index contributed by atoms with van der Waals surface area (Å²) in [6, 6.07) is 14.9. The molecule has 1 saturated heterocycles. The van der Waals surface area contributed by atoms with Crippen molar-refractivity contribution in [1.29, 1.82) is 0 Å². The molecule has 4 rings (SSSR count). The molecule has 0 aliphatic carbocycles. The molecule has 28 heavy (non-hydrogen) atoms. The third kappa shape index (κ3) is 3.84. The molecule has 1 aliphatic rings. The molecule has 0 saturated carbocycles. The summed E-state index contributed by atoms with van der Waals surface area (Å²) < 4.78 is 1.66. The van der Waals surface area contributed by atoms with Crippen LogP contribution in [-0.4, -0.2) is 47.7 Å². The Labute approximate surface area is 162 Å². The zero-order valence-corrected chi connectivity index (χ0v) is 15.4. The maximum atomic E-state index is 12.6. The SMILES string of the molecule is O=C(O)Cn1ccc2cc(NC(=O)c3ccc(N4CCNCC4)cc3)ccc21. The van der Waals surface area contributed by atoms with Gasteiger partial charge >= 0.3 is 5.97 Å². The second-order valence-electron chi connectivity index (χ2n) is 6.85. The predicted octanol–water partition coefficient (Wildman–Crippen LogP) is 2.39. The maximum Gasteiger partial charge on any atom is 0.323 e. The lowest BCUT2D eigenvalue weighted by atomic mass is 10.1. The van der Waals surface area contributed by atoms with Gasteiger partial charge in [-0.3, -0.25) is 9.59 Å². The number of benzene rings is 2. The van der Waals surface area contributed by atoms with Crippen molar-refractivity contribution >= 4 is 34.2 Å². The minimum absolute atomic E-state index is 0.0887. The van der Waals surface area contributed by atoms with Crippen molar-refractivity contribution in [2.24, 2.45) is 0 Å². The second kappa shape index (κ2) is 7.74. The number of anilines is 2. The average Bonchev–Trinajstić information content (AvgIpc) is 3.10. The number of carbonyl (C=O) groups is 2. The van der Waals surface area contributed by atoms with E-state index < -0.39 is 5.97 Å². The molecule has 1 aliphatic heterocycles. The van der Waals surface area contributed by atoms with Crippen molar-refractivity contribution in [3.8, 4) is 0 Å². The molecule has 0 unspecified atom stereocenters. The van der Waals surface area contributed by atoms with Crippen molar-refractivity contribution in [1.82, 2.24) is 9.88 Å². The van der Waals surface area contributed by atoms with Crippen LogP contribution in [0.15, 0.2) is 54.7 Å². The summed E-state index contributed by atoms with van der Waals surface area (Å²) in [4.78, 5) is 25.8. The van der Waals surface area contributed by atoms with Crippen LogP contribution in [0.4, 0.5) is 11.4 Å². The number of aromatic nitrogens is 1. The number of carbonyl (C=O) groups excluding carboxylic acids is 1. The van der Waals surface area contributed by atoms with Gasteiger partial charge in [0.1, 0.15) is 6.54 Å². The highest BCUT2D eigenvalue weighted by Gasteiger charge is 2.12. The number of nitrogens with zero attached hydrogens (tertiary/aromatic N) is 2. The molecular weight excluding hydrogens is 356 g/mol. The molecule has 0 bridgehead atoms. The van der Waals surface area contributed by atoms with Crippen LogP contribution in [0, 0.1) is 0 Å². The smallest absolute Gasteiger partial charge is 0.323 e. The van der Waals surface area contributed by atoms with Crippen LogP contribution in [0.3, 0.4) is 0 Å². The molecule has 7 heteroatoms. The number of aliphatic carboxylic acids is 1. The van der Waals surface area contributed by atoms with E-state index >= 15 is 0 Å². The molecule has 2 heterocycles. The summed E-state index contributed by atoms with van der Waals surface area (Å²) in [5.41, 5.74) is 3.22. The summed E-state index contributed by atoms with van der Waals surface area (Å²) in [6.45, 7) is 3.78. The summed E-state index contributed by atoms with van der Waals surface area (Å²) in [7, 11) is 0. The highest BCUT2D eigenvalue weighted by molar-refractivity contribution is 6.05. The molecule has 0 spiro atoms. The Morgan fingerprint density at radius 1 is 1.04 bits per heavy atom. The molecule has 0 atom stereocenters. The third-order valence-electron chi connectivity index (χ3n) is 4.95. The molecule has 3 aromatic rings. The average molecular weight is 378 g/mol. The summed E-state index contributed by atoms with van der Waals surface area (Å²) in [5, 5.41) is 16.1. The second-order valence-corrected chi connectivity index (χ2v) is 6.85. The molecule has 1 fully saturated rings. The van der Waals surface area contributed by atoms with Gasteiger partial charge in [0, 0.05) is 60.2 Å². The lowest BCUT2D eigenvalue weighted by Gasteiger charge is -2.29. The Hall–Kier alpha value is -3.32. The van der Waals surface area contributed by atoms with E-state index in [9.17, 15) is 9.59 Å². The van der Waals surface area contributed by atoms with Gasteiger partial charge in [0.25, 0.3) is 5.91 Å². The predicted molar refractivity (Wildman–Crippen MR) is 109 cm³/mol. The molecule has 144 valence electrons. The maximum absolute atomic E-state index is 12.6. The molecule has 1 amide bonds. The lowest BCUT2D eigenvalue weighted by molar-refractivity contribution is -0.137. The highest BCUT2D eigenvalue weighted by atomic mass is 16.4. The van der Waals surface area contributed by atoms with Gasteiger partial charge in [-0.2, -0.15) is 0 Å². The van der Waals surface area contributed by atoms with Gasteiger partial charge < -0.3 is 25.2 Å². The number of rotatable bonds is 5. The first kappa shape index (κ1) is 18.1. The Bertz CT molecular complexity index is 1000. The first-order valence-electron chi connectivity index (χ1n) is 9.28. The quantitative estimate of drug-likeness (QED) is 0.635. The van der Waals surface area contributed by atoms with Gasteiger partial charge in [0.2, 0.25) is 0 Å². The summed E-state index contributed by atoms with van der Waals surface area (Å²) in [5.74, 6) is -1.06. The number of carboxylic acid groups (broad SMARTS) is 1. The largest absolute Gasteiger partial charge is 0.480 e. The Morgan fingerprint density at radius 3 is 2.50 bits per heavy atom. The van der Waals surface area contributed by atoms with Crippen LogP contribution >= 0.6 is 0 Å². The fourth-order valence-electron chi connectivity index (χ4n) is 3.51. The van der Waals surface area contributed by atoms with E-state index in [0.717, 1.165) is 42.8 Å². The van der Waals surface area contributed by atoms with E-state index in [1.807, 2.05) is 42.5 Å². The van der Waals surface area contributed by atoms with Gasteiger partial charge in [-0.25, -0.2) is 0 Å². The van der Waals surface area contributed by atoms with E-state index in [0.29, 0.717) is 11.3 Å². The number of nitrogens with one attached hydrogen (secondary N) is 2. The van der Waals surface area contributed by atoms with Crippen molar-refractivity contribution in [2.45, 2.75) is 6.54 Å². The van der Waals surface area contributed by atoms with Crippen molar-refractivity contribution in [3.05, 3.63) is 60.3 Å². The first-order chi connectivity index (χ1) is 13.6. The topological polar surface area (TPSA) is 86.6 Å². The number of fused-ring (bicyclic) bond motifs is 1. The van der Waals surface area contributed by atoms with Crippen molar-refractivity contribution in [3.63, 3.8) is 0 Å². The molecule has 1 aromatic heterocycles. The Morgan fingerprint density at radius 2 is 1.79 bits per heavy atom. The number of piperazine rings is 1. The van der Waals surface area contributed by atoms with E-state index in [2.05, 4.69) is 15.5 Å². The third-order valence-corrected chi connectivity index (χ3v) is 4.95. The highest BCUT2D eigenvalue weighted by Crippen LogP contribution is 2.22. The van der Waals surface area contributed by atoms with E-state index in [-0.39, 0.29) is 12.5 Å². The number of hydrogen-bond acceptors (Lipinski definition) is 4. The standard InChI is InChI=1S/C21H22N4O3/c26-20(27)14-25-10-7-16-13-17(3-6-19(16)25)23-21(28)15-1-4-18(5-2-15)24-11-8-22-9-12-24/h1-7,10,13,22H,8-9,11-12,14H2,(H,23,28)(H,26,27). The van der Waals surface area contributed by atoms with Gasteiger partial charge in [-0.05, 0) is 48.5 Å². The molecular formula is C21H22N4O3.